The van der Waals surface area contributed by atoms with Crippen LogP contribution in [0.25, 0.3) is 0 Å². The minimum absolute atomic E-state index is 0.0624. The van der Waals surface area contributed by atoms with E-state index >= 15 is 0 Å². The fourth-order valence-corrected chi connectivity index (χ4v) is 3.91. The zero-order valence-corrected chi connectivity index (χ0v) is 19.4. The summed E-state index contributed by atoms with van der Waals surface area (Å²) < 4.78 is 10.6. The highest BCUT2D eigenvalue weighted by molar-refractivity contribution is 4.87. The molecule has 3 N–H and O–H groups in total. The predicted molar refractivity (Wildman–Crippen MR) is 123 cm³/mol. The van der Waals surface area contributed by atoms with E-state index in [1.165, 1.54) is 77.0 Å². The molecule has 1 fully saturated rings. The summed E-state index contributed by atoms with van der Waals surface area (Å²) >= 11 is 0. The standard InChI is InChI=1S/C25H48O5/c1-2-3-4-5-6-7-8-9-10-11-12-13-14-15-16-17-18-19-29-20-23(27)25-24(28)22(26)21-30-25/h15-16,22-28H,2-14,17-21H2,1H3/b16-15+/t22-,23+,24-,25-/m1/s1. The third kappa shape index (κ3) is 13.8. The van der Waals surface area contributed by atoms with Crippen LogP contribution in [0.1, 0.15) is 103 Å². The number of allylic oxidation sites excluding steroid dienone is 2. The molecule has 30 heavy (non-hydrogen) atoms. The number of aliphatic hydroxyl groups is 3. The van der Waals surface area contributed by atoms with E-state index < -0.39 is 24.4 Å². The Labute approximate surface area is 184 Å². The lowest BCUT2D eigenvalue weighted by Gasteiger charge is -2.20. The van der Waals surface area contributed by atoms with E-state index in [9.17, 15) is 15.3 Å². The van der Waals surface area contributed by atoms with Crippen LogP contribution in [0.3, 0.4) is 0 Å². The Kier molecular flexibility index (Phi) is 17.7. The van der Waals surface area contributed by atoms with Crippen LogP contribution in [0, 0.1) is 0 Å². The Bertz CT molecular complexity index is 401. The summed E-state index contributed by atoms with van der Waals surface area (Å²) in [6, 6.07) is 0. The first-order valence-electron chi connectivity index (χ1n) is 12.5. The van der Waals surface area contributed by atoms with Crippen LogP contribution in [0.2, 0.25) is 0 Å². The van der Waals surface area contributed by atoms with Crippen molar-refractivity contribution >= 4 is 0 Å². The Morgan fingerprint density at radius 3 is 1.90 bits per heavy atom. The molecule has 0 aromatic rings. The first kappa shape index (κ1) is 27.6. The van der Waals surface area contributed by atoms with Gasteiger partial charge < -0.3 is 24.8 Å². The van der Waals surface area contributed by atoms with Crippen molar-refractivity contribution in [2.75, 3.05) is 19.8 Å². The smallest absolute Gasteiger partial charge is 0.114 e. The Balaban J connectivity index is 1.78. The molecule has 0 aromatic heterocycles. The van der Waals surface area contributed by atoms with E-state index in [0.717, 1.165) is 19.3 Å². The molecular formula is C25H48O5. The number of aliphatic hydroxyl groups excluding tert-OH is 3. The highest BCUT2D eigenvalue weighted by atomic mass is 16.5. The van der Waals surface area contributed by atoms with Gasteiger partial charge in [0.15, 0.2) is 0 Å². The quantitative estimate of drug-likeness (QED) is 0.190. The highest BCUT2D eigenvalue weighted by Crippen LogP contribution is 2.18. The molecule has 0 bridgehead atoms. The molecular weight excluding hydrogens is 380 g/mol. The lowest BCUT2D eigenvalue weighted by molar-refractivity contribution is -0.0811. The van der Waals surface area contributed by atoms with Crippen molar-refractivity contribution in [3.63, 3.8) is 0 Å². The molecule has 5 nitrogen and oxygen atoms in total. The van der Waals surface area contributed by atoms with Crippen LogP contribution in [-0.4, -0.2) is 59.6 Å². The van der Waals surface area contributed by atoms with Gasteiger partial charge in [-0.15, -0.1) is 0 Å². The van der Waals surface area contributed by atoms with E-state index in [1.807, 2.05) is 0 Å². The Morgan fingerprint density at radius 2 is 1.37 bits per heavy atom. The normalized spacial score (nSPS) is 22.9. The molecule has 0 spiro atoms. The summed E-state index contributed by atoms with van der Waals surface area (Å²) in [7, 11) is 0. The van der Waals surface area contributed by atoms with Gasteiger partial charge >= 0.3 is 0 Å². The van der Waals surface area contributed by atoms with Crippen molar-refractivity contribution < 1.29 is 24.8 Å². The van der Waals surface area contributed by atoms with Crippen LogP contribution in [0.4, 0.5) is 0 Å². The van der Waals surface area contributed by atoms with Crippen LogP contribution < -0.4 is 0 Å². The number of rotatable bonds is 20. The number of hydrogen-bond acceptors (Lipinski definition) is 5. The maximum atomic E-state index is 9.95. The highest BCUT2D eigenvalue weighted by Gasteiger charge is 2.39. The van der Waals surface area contributed by atoms with Gasteiger partial charge in [0.25, 0.3) is 0 Å². The van der Waals surface area contributed by atoms with E-state index in [0.29, 0.717) is 6.61 Å². The minimum Gasteiger partial charge on any atom is -0.388 e. The molecule has 0 saturated carbocycles. The molecule has 1 rings (SSSR count). The molecule has 1 aliphatic heterocycles. The van der Waals surface area contributed by atoms with Crippen molar-refractivity contribution in [1.29, 1.82) is 0 Å². The first-order chi connectivity index (χ1) is 14.7. The molecule has 0 aliphatic carbocycles. The molecule has 4 atom stereocenters. The van der Waals surface area contributed by atoms with Crippen molar-refractivity contribution in [1.82, 2.24) is 0 Å². The molecule has 1 saturated heterocycles. The summed E-state index contributed by atoms with van der Waals surface area (Å²) in [6.07, 6.45) is 20.6. The van der Waals surface area contributed by atoms with E-state index in [4.69, 9.17) is 9.47 Å². The first-order valence-corrected chi connectivity index (χ1v) is 12.5. The molecule has 0 unspecified atom stereocenters. The second-order valence-electron chi connectivity index (χ2n) is 8.79. The van der Waals surface area contributed by atoms with Gasteiger partial charge in [0, 0.05) is 6.61 Å². The monoisotopic (exact) mass is 428 g/mol. The van der Waals surface area contributed by atoms with Crippen LogP contribution in [0.5, 0.6) is 0 Å². The van der Waals surface area contributed by atoms with Gasteiger partial charge in [-0.1, -0.05) is 89.7 Å². The molecule has 5 heteroatoms. The maximum Gasteiger partial charge on any atom is 0.114 e. The number of hydrogen-bond donors (Lipinski definition) is 3. The summed E-state index contributed by atoms with van der Waals surface area (Å²) in [6.45, 7) is 3.03. The second-order valence-corrected chi connectivity index (χ2v) is 8.79. The maximum absolute atomic E-state index is 9.95. The van der Waals surface area contributed by atoms with Crippen molar-refractivity contribution in [3.05, 3.63) is 12.2 Å². The SMILES string of the molecule is CCCCCCCCCCCCCC/C=C/CCCOC[C@H](O)[C@H]1OC[C@@H](O)[C@H]1O. The van der Waals surface area contributed by atoms with Crippen molar-refractivity contribution in [2.45, 2.75) is 128 Å². The number of ether oxygens (including phenoxy) is 2. The van der Waals surface area contributed by atoms with Crippen LogP contribution in [0.15, 0.2) is 12.2 Å². The zero-order chi connectivity index (χ0) is 21.9. The van der Waals surface area contributed by atoms with E-state index in [2.05, 4.69) is 19.1 Å². The van der Waals surface area contributed by atoms with E-state index in [-0.39, 0.29) is 13.2 Å². The lowest BCUT2D eigenvalue weighted by Crippen LogP contribution is -2.40. The molecule has 0 aromatic carbocycles. The molecule has 178 valence electrons. The lowest BCUT2D eigenvalue weighted by atomic mass is 10.0. The summed E-state index contributed by atoms with van der Waals surface area (Å²) in [5.74, 6) is 0. The molecule has 1 heterocycles. The van der Waals surface area contributed by atoms with Gasteiger partial charge in [0.1, 0.15) is 24.4 Å². The topological polar surface area (TPSA) is 79.2 Å². The fourth-order valence-electron chi connectivity index (χ4n) is 3.91. The molecule has 1 aliphatic rings. The van der Waals surface area contributed by atoms with Gasteiger partial charge in [-0.3, -0.25) is 0 Å². The third-order valence-electron chi connectivity index (χ3n) is 5.91. The predicted octanol–water partition coefficient (Wildman–Crippen LogP) is 4.91. The largest absolute Gasteiger partial charge is 0.388 e. The summed E-state index contributed by atoms with van der Waals surface area (Å²) in [4.78, 5) is 0. The van der Waals surface area contributed by atoms with Gasteiger partial charge in [-0.2, -0.15) is 0 Å². The van der Waals surface area contributed by atoms with Gasteiger partial charge in [0.05, 0.1) is 13.2 Å². The molecule has 0 radical (unpaired) electrons. The minimum atomic E-state index is -1.04. The van der Waals surface area contributed by atoms with Crippen molar-refractivity contribution in [2.24, 2.45) is 0 Å². The van der Waals surface area contributed by atoms with E-state index in [1.54, 1.807) is 0 Å². The average Bonchev–Trinajstić information content (AvgIpc) is 3.08. The molecule has 0 amide bonds. The van der Waals surface area contributed by atoms with Crippen LogP contribution >= 0.6 is 0 Å². The van der Waals surface area contributed by atoms with Gasteiger partial charge in [-0.25, -0.2) is 0 Å². The fraction of sp³-hybridized carbons (Fsp3) is 0.920. The second kappa shape index (κ2) is 19.2. The average molecular weight is 429 g/mol. The van der Waals surface area contributed by atoms with Crippen molar-refractivity contribution in [3.8, 4) is 0 Å². The van der Waals surface area contributed by atoms with Gasteiger partial charge in [0.2, 0.25) is 0 Å². The Hall–Kier alpha value is -0.460. The number of unbranched alkanes of at least 4 members (excludes halogenated alkanes) is 13. The van der Waals surface area contributed by atoms with Gasteiger partial charge in [-0.05, 0) is 25.7 Å². The third-order valence-corrected chi connectivity index (χ3v) is 5.91. The van der Waals surface area contributed by atoms with Crippen LogP contribution in [-0.2, 0) is 9.47 Å². The summed E-state index contributed by atoms with van der Waals surface area (Å²) in [5.41, 5.74) is 0. The summed E-state index contributed by atoms with van der Waals surface area (Å²) in [5, 5.41) is 29.0. The zero-order valence-electron chi connectivity index (χ0n) is 19.4. The Morgan fingerprint density at radius 1 is 0.833 bits per heavy atom.